The highest BCUT2D eigenvalue weighted by Crippen LogP contribution is 2.23. The van der Waals surface area contributed by atoms with Gasteiger partial charge in [-0.15, -0.1) is 0 Å². The van der Waals surface area contributed by atoms with E-state index in [0.717, 1.165) is 12.0 Å². The first-order chi connectivity index (χ1) is 8.68. The Balaban J connectivity index is 3.34. The number of nitrogens with zero attached hydrogens (tertiary/aromatic N) is 1. The summed E-state index contributed by atoms with van der Waals surface area (Å²) in [7, 11) is 3.10. The van der Waals surface area contributed by atoms with Gasteiger partial charge in [0.1, 0.15) is 0 Å². The molecule has 1 unspecified atom stereocenters. The van der Waals surface area contributed by atoms with E-state index in [0.29, 0.717) is 0 Å². The van der Waals surface area contributed by atoms with Gasteiger partial charge in [-0.25, -0.2) is 8.42 Å². The summed E-state index contributed by atoms with van der Waals surface area (Å²) in [6.07, 6.45) is 0.789. The minimum Gasteiger partial charge on any atom is -0.339 e. The van der Waals surface area contributed by atoms with E-state index in [1.807, 2.05) is 13.8 Å². The highest BCUT2D eigenvalue weighted by atomic mass is 35.7. The number of hydrogen-bond donors (Lipinski definition) is 0. The molecule has 4 nitrogen and oxygen atoms in total. The van der Waals surface area contributed by atoms with Crippen LogP contribution in [0, 0.1) is 6.92 Å². The van der Waals surface area contributed by atoms with Crippen LogP contribution >= 0.6 is 10.7 Å². The molecule has 0 saturated carbocycles. The summed E-state index contributed by atoms with van der Waals surface area (Å²) in [5.74, 6) is -0.336. The lowest BCUT2D eigenvalue weighted by Gasteiger charge is -2.24. The molecule has 19 heavy (non-hydrogen) atoms. The van der Waals surface area contributed by atoms with Gasteiger partial charge in [0.2, 0.25) is 0 Å². The first kappa shape index (κ1) is 16.0. The number of hydrogen-bond acceptors (Lipinski definition) is 3. The molecule has 1 aromatic rings. The van der Waals surface area contributed by atoms with Crippen molar-refractivity contribution >= 4 is 25.6 Å². The Bertz CT molecular complexity index is 584. The molecule has 1 aromatic carbocycles. The minimum atomic E-state index is -3.94. The van der Waals surface area contributed by atoms with E-state index in [2.05, 4.69) is 0 Å². The monoisotopic (exact) mass is 303 g/mol. The fourth-order valence-electron chi connectivity index (χ4n) is 1.69. The van der Waals surface area contributed by atoms with Crippen LogP contribution in [-0.2, 0) is 9.05 Å². The van der Waals surface area contributed by atoms with Gasteiger partial charge in [0.15, 0.2) is 0 Å². The average Bonchev–Trinajstić information content (AvgIpc) is 2.34. The van der Waals surface area contributed by atoms with Gasteiger partial charge in [-0.2, -0.15) is 0 Å². The van der Waals surface area contributed by atoms with Crippen molar-refractivity contribution in [3.05, 3.63) is 29.3 Å². The Morgan fingerprint density at radius 2 is 2.00 bits per heavy atom. The van der Waals surface area contributed by atoms with E-state index in [4.69, 9.17) is 10.7 Å². The van der Waals surface area contributed by atoms with Crippen molar-refractivity contribution in [2.75, 3.05) is 7.05 Å². The largest absolute Gasteiger partial charge is 0.339 e. The maximum Gasteiger partial charge on any atom is 0.262 e. The zero-order valence-corrected chi connectivity index (χ0v) is 13.0. The Kier molecular flexibility index (Phi) is 4.98. The Labute approximate surface area is 118 Å². The number of benzene rings is 1. The highest BCUT2D eigenvalue weighted by Gasteiger charge is 2.24. The number of aryl methyl sites for hydroxylation is 1. The van der Waals surface area contributed by atoms with Crippen molar-refractivity contribution in [2.24, 2.45) is 0 Å². The van der Waals surface area contributed by atoms with E-state index in [-0.39, 0.29) is 22.4 Å². The van der Waals surface area contributed by atoms with E-state index in [1.165, 1.54) is 11.0 Å². The minimum absolute atomic E-state index is 0.0268. The molecule has 0 N–H and O–H groups in total. The third-order valence-corrected chi connectivity index (χ3v) is 4.58. The number of carbonyl (C=O) groups excluding carboxylic acids is 1. The predicted octanol–water partition coefficient (Wildman–Crippen LogP) is 2.79. The predicted molar refractivity (Wildman–Crippen MR) is 76.1 cm³/mol. The second-order valence-corrected chi connectivity index (χ2v) is 7.15. The van der Waals surface area contributed by atoms with Crippen LogP contribution in [0.3, 0.4) is 0 Å². The first-order valence-corrected chi connectivity index (χ1v) is 8.31. The van der Waals surface area contributed by atoms with E-state index in [9.17, 15) is 13.2 Å². The molecule has 0 heterocycles. The molecule has 0 bridgehead atoms. The van der Waals surface area contributed by atoms with Crippen molar-refractivity contribution in [3.63, 3.8) is 0 Å². The van der Waals surface area contributed by atoms with Crippen molar-refractivity contribution in [1.82, 2.24) is 4.90 Å². The number of halogens is 1. The summed E-state index contributed by atoms with van der Waals surface area (Å²) in [5.41, 5.74) is 0.933. The van der Waals surface area contributed by atoms with Crippen LogP contribution in [0.5, 0.6) is 0 Å². The standard InChI is InChI=1S/C13H18ClNO3S/c1-5-10(3)15(4)13(16)11-8-9(2)6-7-12(11)19(14,17)18/h6-8,10H,5H2,1-4H3. The molecule has 0 saturated heterocycles. The molecular weight excluding hydrogens is 286 g/mol. The second kappa shape index (κ2) is 5.92. The fourth-order valence-corrected chi connectivity index (χ4v) is 2.73. The van der Waals surface area contributed by atoms with Crippen LogP contribution in [0.2, 0.25) is 0 Å². The van der Waals surface area contributed by atoms with Gasteiger partial charge in [0.05, 0.1) is 10.5 Å². The molecule has 0 aliphatic rings. The zero-order valence-electron chi connectivity index (χ0n) is 11.5. The van der Waals surface area contributed by atoms with Gasteiger partial charge in [-0.3, -0.25) is 4.79 Å². The van der Waals surface area contributed by atoms with Crippen molar-refractivity contribution < 1.29 is 13.2 Å². The van der Waals surface area contributed by atoms with E-state index < -0.39 is 9.05 Å². The molecule has 0 aromatic heterocycles. The van der Waals surface area contributed by atoms with Gasteiger partial charge in [0, 0.05) is 23.8 Å². The summed E-state index contributed by atoms with van der Waals surface area (Å²) in [4.78, 5) is 13.8. The normalized spacial score (nSPS) is 13.1. The average molecular weight is 304 g/mol. The summed E-state index contributed by atoms with van der Waals surface area (Å²) < 4.78 is 23.1. The van der Waals surface area contributed by atoms with Crippen LogP contribution in [0.15, 0.2) is 23.1 Å². The quantitative estimate of drug-likeness (QED) is 0.804. The maximum absolute atomic E-state index is 12.4. The number of rotatable bonds is 4. The highest BCUT2D eigenvalue weighted by molar-refractivity contribution is 8.13. The summed E-state index contributed by atoms with van der Waals surface area (Å²) >= 11 is 0. The maximum atomic E-state index is 12.4. The smallest absolute Gasteiger partial charge is 0.262 e. The fraction of sp³-hybridized carbons (Fsp3) is 0.462. The van der Waals surface area contributed by atoms with Crippen LogP contribution < -0.4 is 0 Å². The van der Waals surface area contributed by atoms with Gasteiger partial charge in [0.25, 0.3) is 15.0 Å². The Morgan fingerprint density at radius 3 is 2.47 bits per heavy atom. The van der Waals surface area contributed by atoms with Gasteiger partial charge >= 0.3 is 0 Å². The van der Waals surface area contributed by atoms with Crippen LogP contribution in [-0.4, -0.2) is 32.3 Å². The molecule has 1 amide bonds. The Morgan fingerprint density at radius 1 is 1.42 bits per heavy atom. The lowest BCUT2D eigenvalue weighted by molar-refractivity contribution is 0.0736. The zero-order chi connectivity index (χ0) is 14.8. The SMILES string of the molecule is CCC(C)N(C)C(=O)c1cc(C)ccc1S(=O)(=O)Cl. The third kappa shape index (κ3) is 3.70. The third-order valence-electron chi connectivity index (χ3n) is 3.20. The number of carbonyl (C=O) groups is 1. The molecule has 0 aliphatic heterocycles. The van der Waals surface area contributed by atoms with Gasteiger partial charge in [-0.05, 0) is 32.4 Å². The van der Waals surface area contributed by atoms with Gasteiger partial charge in [-0.1, -0.05) is 18.6 Å². The molecular formula is C13H18ClNO3S. The van der Waals surface area contributed by atoms with Crippen LogP contribution in [0.1, 0.15) is 36.2 Å². The summed E-state index contributed by atoms with van der Waals surface area (Å²) in [6.45, 7) is 5.66. The Hall–Kier alpha value is -1.07. The van der Waals surface area contributed by atoms with Gasteiger partial charge < -0.3 is 4.90 Å². The van der Waals surface area contributed by atoms with Crippen LogP contribution in [0.4, 0.5) is 0 Å². The molecule has 1 rings (SSSR count). The topological polar surface area (TPSA) is 54.5 Å². The summed E-state index contributed by atoms with van der Waals surface area (Å²) in [6, 6.07) is 4.57. The number of amides is 1. The molecule has 0 radical (unpaired) electrons. The molecule has 106 valence electrons. The van der Waals surface area contributed by atoms with Crippen molar-refractivity contribution in [3.8, 4) is 0 Å². The second-order valence-electron chi connectivity index (χ2n) is 4.61. The summed E-state index contributed by atoms with van der Waals surface area (Å²) in [5, 5.41) is 0. The molecule has 0 fully saturated rings. The van der Waals surface area contributed by atoms with Crippen LogP contribution in [0.25, 0.3) is 0 Å². The van der Waals surface area contributed by atoms with Crippen molar-refractivity contribution in [1.29, 1.82) is 0 Å². The lowest BCUT2D eigenvalue weighted by atomic mass is 10.1. The molecule has 0 aliphatic carbocycles. The lowest BCUT2D eigenvalue weighted by Crippen LogP contribution is -2.35. The van der Waals surface area contributed by atoms with Crippen molar-refractivity contribution in [2.45, 2.75) is 38.1 Å². The molecule has 1 atom stereocenters. The molecule has 6 heteroatoms. The first-order valence-electron chi connectivity index (χ1n) is 6.01. The molecule has 0 spiro atoms. The van der Waals surface area contributed by atoms with E-state index in [1.54, 1.807) is 26.1 Å². The van der Waals surface area contributed by atoms with E-state index >= 15 is 0 Å².